The third-order valence-corrected chi connectivity index (χ3v) is 7.79. The van der Waals surface area contributed by atoms with Gasteiger partial charge in [0.15, 0.2) is 0 Å². The van der Waals surface area contributed by atoms with Crippen molar-refractivity contribution in [3.8, 4) is 0 Å². The molecule has 0 bridgehead atoms. The average molecular weight is 399 g/mol. The van der Waals surface area contributed by atoms with Gasteiger partial charge in [0.05, 0.1) is 24.6 Å². The first kappa shape index (κ1) is 20.3. The number of amides is 1. The van der Waals surface area contributed by atoms with E-state index in [4.69, 9.17) is 4.74 Å². The number of carbonyl (C=O) groups excluding carboxylic acids is 1. The number of nitrogens with zero attached hydrogens (tertiary/aromatic N) is 3. The van der Waals surface area contributed by atoms with Gasteiger partial charge in [0.2, 0.25) is 15.9 Å². The summed E-state index contributed by atoms with van der Waals surface area (Å²) in [5.74, 6) is 0.357. The SMILES string of the molecule is Cc1nn(CC(=O)N[C@H]2CCCC[C@@H]2C)c(C)c1S(=O)(=O)N1CCOCC1. The highest BCUT2D eigenvalue weighted by atomic mass is 32.2. The van der Waals surface area contributed by atoms with Crippen LogP contribution >= 0.6 is 0 Å². The smallest absolute Gasteiger partial charge is 0.246 e. The Labute approximate surface area is 161 Å². The lowest BCUT2D eigenvalue weighted by Crippen LogP contribution is -2.42. The number of morpholine rings is 1. The molecular formula is C18H30N4O4S. The van der Waals surface area contributed by atoms with Crippen molar-refractivity contribution < 1.29 is 17.9 Å². The summed E-state index contributed by atoms with van der Waals surface area (Å²) in [4.78, 5) is 12.7. The second-order valence-corrected chi connectivity index (χ2v) is 9.48. The zero-order valence-electron chi connectivity index (χ0n) is 16.4. The Morgan fingerprint density at radius 2 is 1.89 bits per heavy atom. The third-order valence-electron chi connectivity index (χ3n) is 5.63. The Bertz CT molecular complexity index is 784. The Kier molecular flexibility index (Phi) is 6.22. The predicted molar refractivity (Wildman–Crippen MR) is 101 cm³/mol. The predicted octanol–water partition coefficient (Wildman–Crippen LogP) is 1.22. The summed E-state index contributed by atoms with van der Waals surface area (Å²) in [6, 6.07) is 0.194. The highest BCUT2D eigenvalue weighted by molar-refractivity contribution is 7.89. The Balaban J connectivity index is 1.74. The molecule has 0 spiro atoms. The molecule has 0 radical (unpaired) electrons. The van der Waals surface area contributed by atoms with Crippen LogP contribution in [0, 0.1) is 19.8 Å². The van der Waals surface area contributed by atoms with Gasteiger partial charge in [-0.1, -0.05) is 19.8 Å². The molecule has 152 valence electrons. The van der Waals surface area contributed by atoms with Crippen LogP contribution < -0.4 is 5.32 Å². The maximum absolute atomic E-state index is 13.0. The molecule has 1 aromatic rings. The van der Waals surface area contributed by atoms with E-state index in [1.165, 1.54) is 15.4 Å². The van der Waals surface area contributed by atoms with Crippen molar-refractivity contribution >= 4 is 15.9 Å². The summed E-state index contributed by atoms with van der Waals surface area (Å²) in [5, 5.41) is 7.44. The van der Waals surface area contributed by atoms with Crippen molar-refractivity contribution in [2.45, 2.75) is 63.9 Å². The molecular weight excluding hydrogens is 368 g/mol. The minimum absolute atomic E-state index is 0.0362. The summed E-state index contributed by atoms with van der Waals surface area (Å²) in [6.07, 6.45) is 4.48. The van der Waals surface area contributed by atoms with Gasteiger partial charge in [-0.25, -0.2) is 8.42 Å². The Hall–Kier alpha value is -1.45. The van der Waals surface area contributed by atoms with E-state index in [1.54, 1.807) is 13.8 Å². The number of hydrogen-bond acceptors (Lipinski definition) is 5. The van der Waals surface area contributed by atoms with E-state index in [0.717, 1.165) is 19.3 Å². The molecule has 3 rings (SSSR count). The van der Waals surface area contributed by atoms with E-state index in [9.17, 15) is 13.2 Å². The van der Waals surface area contributed by atoms with Crippen LogP contribution in [0.3, 0.4) is 0 Å². The fourth-order valence-corrected chi connectivity index (χ4v) is 5.82. The zero-order chi connectivity index (χ0) is 19.6. The summed E-state index contributed by atoms with van der Waals surface area (Å²) in [5.41, 5.74) is 0.934. The molecule has 0 unspecified atom stereocenters. The van der Waals surface area contributed by atoms with Crippen LogP contribution in [0.4, 0.5) is 0 Å². The Morgan fingerprint density at radius 3 is 2.56 bits per heavy atom. The summed E-state index contributed by atoms with van der Waals surface area (Å²) >= 11 is 0. The maximum Gasteiger partial charge on any atom is 0.246 e. The standard InChI is InChI=1S/C18H30N4O4S/c1-13-6-4-5-7-16(13)19-17(23)12-22-15(3)18(14(2)20-22)27(24,25)21-8-10-26-11-9-21/h13,16H,4-12H2,1-3H3,(H,19,23)/t13-,16-/m0/s1. The largest absolute Gasteiger partial charge is 0.379 e. The van der Waals surface area contributed by atoms with Crippen molar-refractivity contribution in [3.63, 3.8) is 0 Å². The van der Waals surface area contributed by atoms with Gasteiger partial charge in [0.1, 0.15) is 11.4 Å². The minimum atomic E-state index is -3.64. The highest BCUT2D eigenvalue weighted by Crippen LogP contribution is 2.25. The van der Waals surface area contributed by atoms with E-state index in [2.05, 4.69) is 17.3 Å². The molecule has 1 amide bonds. The van der Waals surface area contributed by atoms with Crippen LogP contribution in [0.25, 0.3) is 0 Å². The minimum Gasteiger partial charge on any atom is -0.379 e. The summed E-state index contributed by atoms with van der Waals surface area (Å²) in [6.45, 7) is 7.07. The molecule has 2 fully saturated rings. The van der Waals surface area contributed by atoms with Gasteiger partial charge in [-0.2, -0.15) is 9.40 Å². The van der Waals surface area contributed by atoms with E-state index in [1.807, 2.05) is 0 Å². The molecule has 2 atom stereocenters. The molecule has 0 aromatic carbocycles. The molecule has 1 aliphatic carbocycles. The highest BCUT2D eigenvalue weighted by Gasteiger charge is 2.32. The molecule has 1 saturated heterocycles. The lowest BCUT2D eigenvalue weighted by molar-refractivity contribution is -0.123. The normalized spacial score (nSPS) is 24.7. The van der Waals surface area contributed by atoms with Gasteiger partial charge in [-0.3, -0.25) is 9.48 Å². The lowest BCUT2D eigenvalue weighted by atomic mass is 9.86. The van der Waals surface area contributed by atoms with E-state index in [-0.39, 0.29) is 23.4 Å². The molecule has 1 aromatic heterocycles. The summed E-state index contributed by atoms with van der Waals surface area (Å²) in [7, 11) is -3.64. The zero-order valence-corrected chi connectivity index (χ0v) is 17.2. The van der Waals surface area contributed by atoms with E-state index in [0.29, 0.717) is 43.6 Å². The van der Waals surface area contributed by atoms with Crippen molar-refractivity contribution in [1.82, 2.24) is 19.4 Å². The first-order valence-electron chi connectivity index (χ1n) is 9.72. The van der Waals surface area contributed by atoms with Crippen LogP contribution in [-0.4, -0.2) is 60.8 Å². The van der Waals surface area contributed by atoms with Gasteiger partial charge in [-0.15, -0.1) is 0 Å². The topological polar surface area (TPSA) is 93.5 Å². The number of hydrogen-bond donors (Lipinski definition) is 1. The van der Waals surface area contributed by atoms with E-state index >= 15 is 0 Å². The van der Waals surface area contributed by atoms with Crippen LogP contribution in [0.1, 0.15) is 44.0 Å². The maximum atomic E-state index is 13.0. The number of aromatic nitrogens is 2. The van der Waals surface area contributed by atoms with Crippen LogP contribution in [-0.2, 0) is 26.1 Å². The second kappa shape index (κ2) is 8.28. The van der Waals surface area contributed by atoms with Crippen LogP contribution in [0.15, 0.2) is 4.90 Å². The Morgan fingerprint density at radius 1 is 1.22 bits per heavy atom. The quantitative estimate of drug-likeness (QED) is 0.805. The summed E-state index contributed by atoms with van der Waals surface area (Å²) < 4.78 is 34.2. The molecule has 8 nitrogen and oxygen atoms in total. The first-order chi connectivity index (χ1) is 12.8. The molecule has 1 aliphatic heterocycles. The molecule has 9 heteroatoms. The average Bonchev–Trinajstić information content (AvgIpc) is 2.91. The van der Waals surface area contributed by atoms with Gasteiger partial charge >= 0.3 is 0 Å². The first-order valence-corrected chi connectivity index (χ1v) is 11.2. The number of rotatable bonds is 5. The fraction of sp³-hybridized carbons (Fsp3) is 0.778. The van der Waals surface area contributed by atoms with Gasteiger partial charge in [0, 0.05) is 19.1 Å². The number of nitrogens with one attached hydrogen (secondary N) is 1. The van der Waals surface area contributed by atoms with Crippen molar-refractivity contribution in [2.75, 3.05) is 26.3 Å². The van der Waals surface area contributed by atoms with E-state index < -0.39 is 10.0 Å². The van der Waals surface area contributed by atoms with Crippen molar-refractivity contribution in [2.24, 2.45) is 5.92 Å². The molecule has 1 N–H and O–H groups in total. The van der Waals surface area contributed by atoms with Crippen molar-refractivity contribution in [1.29, 1.82) is 0 Å². The van der Waals surface area contributed by atoms with Crippen LogP contribution in [0.2, 0.25) is 0 Å². The van der Waals surface area contributed by atoms with Crippen molar-refractivity contribution in [3.05, 3.63) is 11.4 Å². The molecule has 27 heavy (non-hydrogen) atoms. The number of ether oxygens (including phenoxy) is 1. The number of carbonyl (C=O) groups is 1. The van der Waals surface area contributed by atoms with Gasteiger partial charge in [0.25, 0.3) is 0 Å². The third kappa shape index (κ3) is 4.35. The second-order valence-electron chi connectivity index (χ2n) is 7.61. The number of aryl methyl sites for hydroxylation is 1. The fourth-order valence-electron chi connectivity index (χ4n) is 4.04. The molecule has 2 heterocycles. The number of sulfonamides is 1. The van der Waals surface area contributed by atoms with Gasteiger partial charge in [-0.05, 0) is 32.6 Å². The molecule has 1 saturated carbocycles. The molecule has 2 aliphatic rings. The van der Waals surface area contributed by atoms with Gasteiger partial charge < -0.3 is 10.1 Å². The van der Waals surface area contributed by atoms with Crippen LogP contribution in [0.5, 0.6) is 0 Å². The monoisotopic (exact) mass is 398 g/mol. The lowest BCUT2D eigenvalue weighted by Gasteiger charge is -2.29.